The van der Waals surface area contributed by atoms with Crippen LogP contribution in [0.2, 0.25) is 0 Å². The fourth-order valence-corrected chi connectivity index (χ4v) is 4.94. The summed E-state index contributed by atoms with van der Waals surface area (Å²) >= 11 is 0. The van der Waals surface area contributed by atoms with Gasteiger partial charge in [-0.1, -0.05) is 36.8 Å². The van der Waals surface area contributed by atoms with Crippen molar-refractivity contribution in [3.8, 4) is 0 Å². The van der Waals surface area contributed by atoms with Gasteiger partial charge in [0.05, 0.1) is 0 Å². The molecule has 8 heteroatoms. The lowest BCUT2D eigenvalue weighted by Gasteiger charge is -2.37. The Morgan fingerprint density at radius 2 is 1.88 bits per heavy atom. The molecule has 0 aliphatic carbocycles. The zero-order chi connectivity index (χ0) is 22.2. The van der Waals surface area contributed by atoms with Gasteiger partial charge in [0.2, 0.25) is 0 Å². The first-order valence-corrected chi connectivity index (χ1v) is 12.4. The first kappa shape index (κ1) is 25.9. The van der Waals surface area contributed by atoms with Crippen molar-refractivity contribution in [2.45, 2.75) is 76.9 Å². The highest BCUT2D eigenvalue weighted by molar-refractivity contribution is 14.0. The highest BCUT2D eigenvalue weighted by atomic mass is 127. The molecule has 3 heterocycles. The van der Waals surface area contributed by atoms with E-state index in [2.05, 4.69) is 72.5 Å². The Labute approximate surface area is 215 Å². The standard InChI is InChI=1S/C25H39N7.HI/c1-20(21-10-5-3-6-11-21)31-18-14-22(15-19-31)28-25(26-2)27-16-9-13-24-30-29-23-12-7-4-8-17-32(23)24;/h3,5-6,10-11,20,22H,4,7-9,12-19H2,1-2H3,(H2,26,27,28);1H. The molecule has 0 saturated carbocycles. The Hall–Kier alpha value is -1.68. The molecule has 4 rings (SSSR count). The third kappa shape index (κ3) is 7.15. The molecular weight excluding hydrogens is 525 g/mol. The van der Waals surface area contributed by atoms with Crippen LogP contribution in [-0.2, 0) is 19.4 Å². The Morgan fingerprint density at radius 1 is 1.09 bits per heavy atom. The van der Waals surface area contributed by atoms with Gasteiger partial charge in [0, 0.05) is 58.2 Å². The summed E-state index contributed by atoms with van der Waals surface area (Å²) in [7, 11) is 1.86. The van der Waals surface area contributed by atoms with Crippen LogP contribution in [0.15, 0.2) is 35.3 Å². The normalized spacial score (nSPS) is 18.7. The van der Waals surface area contributed by atoms with E-state index in [1.807, 2.05) is 7.05 Å². The number of halogens is 1. The molecule has 7 nitrogen and oxygen atoms in total. The largest absolute Gasteiger partial charge is 0.356 e. The monoisotopic (exact) mass is 565 g/mol. The van der Waals surface area contributed by atoms with Crippen molar-refractivity contribution in [3.05, 3.63) is 47.5 Å². The Bertz CT molecular complexity index is 859. The lowest BCUT2D eigenvalue weighted by Crippen LogP contribution is -2.49. The summed E-state index contributed by atoms with van der Waals surface area (Å²) in [5, 5.41) is 16.0. The first-order valence-electron chi connectivity index (χ1n) is 12.4. The predicted octanol–water partition coefficient (Wildman–Crippen LogP) is 3.95. The van der Waals surface area contributed by atoms with Gasteiger partial charge in [-0.2, -0.15) is 0 Å². The van der Waals surface area contributed by atoms with Crippen molar-refractivity contribution in [1.82, 2.24) is 30.3 Å². The van der Waals surface area contributed by atoms with Gasteiger partial charge in [0.1, 0.15) is 11.6 Å². The van der Waals surface area contributed by atoms with Gasteiger partial charge in [0.15, 0.2) is 5.96 Å². The number of hydrogen-bond donors (Lipinski definition) is 2. The van der Waals surface area contributed by atoms with Crippen LogP contribution in [0.1, 0.15) is 68.7 Å². The minimum atomic E-state index is 0. The summed E-state index contributed by atoms with van der Waals surface area (Å²) in [6.45, 7) is 6.52. The molecule has 2 aromatic rings. The predicted molar refractivity (Wildman–Crippen MR) is 145 cm³/mol. The zero-order valence-electron chi connectivity index (χ0n) is 20.2. The maximum atomic E-state index is 4.45. The lowest BCUT2D eigenvalue weighted by atomic mass is 10.0. The molecule has 0 amide bonds. The number of hydrogen-bond acceptors (Lipinski definition) is 4. The van der Waals surface area contributed by atoms with Gasteiger partial charge in [-0.25, -0.2) is 0 Å². The smallest absolute Gasteiger partial charge is 0.191 e. The minimum absolute atomic E-state index is 0. The van der Waals surface area contributed by atoms with Gasteiger partial charge in [0.25, 0.3) is 0 Å². The van der Waals surface area contributed by atoms with Crippen LogP contribution >= 0.6 is 24.0 Å². The minimum Gasteiger partial charge on any atom is -0.356 e. The molecule has 2 aliphatic rings. The molecule has 0 bridgehead atoms. The zero-order valence-corrected chi connectivity index (χ0v) is 22.5. The molecular formula is C25H40IN7. The first-order chi connectivity index (χ1) is 15.7. The van der Waals surface area contributed by atoms with Crippen molar-refractivity contribution >= 4 is 29.9 Å². The van der Waals surface area contributed by atoms with E-state index >= 15 is 0 Å². The van der Waals surface area contributed by atoms with Crippen LogP contribution in [0.4, 0.5) is 0 Å². The second-order valence-corrected chi connectivity index (χ2v) is 9.14. The molecule has 33 heavy (non-hydrogen) atoms. The molecule has 2 N–H and O–H groups in total. The average molecular weight is 566 g/mol. The number of aromatic nitrogens is 3. The maximum Gasteiger partial charge on any atom is 0.191 e. The number of guanidine groups is 1. The van der Waals surface area contributed by atoms with Gasteiger partial charge < -0.3 is 15.2 Å². The van der Waals surface area contributed by atoms with Crippen LogP contribution in [0.3, 0.4) is 0 Å². The van der Waals surface area contributed by atoms with Crippen molar-refractivity contribution in [2.75, 3.05) is 26.7 Å². The van der Waals surface area contributed by atoms with Gasteiger partial charge in [-0.3, -0.25) is 9.89 Å². The molecule has 1 unspecified atom stereocenters. The van der Waals surface area contributed by atoms with E-state index in [1.54, 1.807) is 0 Å². The molecule has 0 radical (unpaired) electrons. The van der Waals surface area contributed by atoms with Crippen LogP contribution in [-0.4, -0.2) is 58.3 Å². The highest BCUT2D eigenvalue weighted by Crippen LogP contribution is 2.24. The molecule has 1 aromatic carbocycles. The van der Waals surface area contributed by atoms with Crippen molar-refractivity contribution in [1.29, 1.82) is 0 Å². The summed E-state index contributed by atoms with van der Waals surface area (Å²) in [5.41, 5.74) is 1.40. The second-order valence-electron chi connectivity index (χ2n) is 9.14. The average Bonchev–Trinajstić information content (AvgIpc) is 3.07. The Morgan fingerprint density at radius 3 is 2.64 bits per heavy atom. The molecule has 0 spiro atoms. The van der Waals surface area contributed by atoms with Crippen LogP contribution in [0.25, 0.3) is 0 Å². The lowest BCUT2D eigenvalue weighted by molar-refractivity contribution is 0.158. The number of nitrogens with zero attached hydrogens (tertiary/aromatic N) is 5. The van der Waals surface area contributed by atoms with Crippen LogP contribution < -0.4 is 10.6 Å². The summed E-state index contributed by atoms with van der Waals surface area (Å²) < 4.78 is 2.35. The van der Waals surface area contributed by atoms with Gasteiger partial charge in [-0.15, -0.1) is 34.2 Å². The molecule has 1 atom stereocenters. The van der Waals surface area contributed by atoms with E-state index in [0.717, 1.165) is 70.1 Å². The van der Waals surface area contributed by atoms with E-state index in [0.29, 0.717) is 12.1 Å². The van der Waals surface area contributed by atoms with Crippen molar-refractivity contribution < 1.29 is 0 Å². The molecule has 1 fully saturated rings. The van der Waals surface area contributed by atoms with E-state index in [-0.39, 0.29) is 24.0 Å². The quantitative estimate of drug-likeness (QED) is 0.230. The second kappa shape index (κ2) is 13.3. The summed E-state index contributed by atoms with van der Waals surface area (Å²) in [6.07, 6.45) is 9.15. The van der Waals surface area contributed by atoms with E-state index in [9.17, 15) is 0 Å². The number of likely N-dealkylation sites (tertiary alicyclic amines) is 1. The van der Waals surface area contributed by atoms with Crippen molar-refractivity contribution in [2.24, 2.45) is 4.99 Å². The number of aryl methyl sites for hydroxylation is 2. The summed E-state index contributed by atoms with van der Waals surface area (Å²) in [6, 6.07) is 11.8. The Kier molecular flexibility index (Phi) is 10.4. The van der Waals surface area contributed by atoms with Crippen LogP contribution in [0.5, 0.6) is 0 Å². The number of piperidine rings is 1. The third-order valence-electron chi connectivity index (χ3n) is 6.98. The Balaban J connectivity index is 0.00000306. The molecule has 2 aliphatic heterocycles. The number of rotatable bonds is 7. The van der Waals surface area contributed by atoms with Crippen molar-refractivity contribution in [3.63, 3.8) is 0 Å². The van der Waals surface area contributed by atoms with Crippen LogP contribution in [0, 0.1) is 0 Å². The maximum absolute atomic E-state index is 4.45. The summed E-state index contributed by atoms with van der Waals surface area (Å²) in [4.78, 5) is 7.04. The fourth-order valence-electron chi connectivity index (χ4n) is 4.94. The SMILES string of the molecule is CN=C(NCCCc1nnc2n1CCCCC2)NC1CCN(C(C)c2ccccc2)CC1.I. The van der Waals surface area contributed by atoms with E-state index in [1.165, 1.54) is 30.7 Å². The van der Waals surface area contributed by atoms with Gasteiger partial charge in [-0.05, 0) is 44.6 Å². The fraction of sp³-hybridized carbons (Fsp3) is 0.640. The number of fused-ring (bicyclic) bond motifs is 1. The molecule has 1 aromatic heterocycles. The van der Waals surface area contributed by atoms with E-state index < -0.39 is 0 Å². The number of nitrogens with one attached hydrogen (secondary N) is 2. The molecule has 182 valence electrons. The topological polar surface area (TPSA) is 70.4 Å². The molecule has 1 saturated heterocycles. The van der Waals surface area contributed by atoms with E-state index in [4.69, 9.17) is 0 Å². The summed E-state index contributed by atoms with van der Waals surface area (Å²) in [5.74, 6) is 3.24. The number of benzene rings is 1. The van der Waals surface area contributed by atoms with Gasteiger partial charge >= 0.3 is 0 Å². The number of aliphatic imine (C=N–C) groups is 1. The third-order valence-corrected chi connectivity index (χ3v) is 6.98. The highest BCUT2D eigenvalue weighted by Gasteiger charge is 2.24.